The second-order valence-electron chi connectivity index (χ2n) is 6.12. The number of hydrogen-bond donors (Lipinski definition) is 1. The summed E-state index contributed by atoms with van der Waals surface area (Å²) < 4.78 is 0. The number of nitrogens with one attached hydrogen (secondary N) is 1. The predicted octanol–water partition coefficient (Wildman–Crippen LogP) is 3.85. The molecule has 3 aromatic rings. The van der Waals surface area contributed by atoms with Crippen LogP contribution in [0.1, 0.15) is 6.42 Å². The highest BCUT2D eigenvalue weighted by molar-refractivity contribution is 7.18. The molecule has 1 aromatic heterocycles. The summed E-state index contributed by atoms with van der Waals surface area (Å²) in [7, 11) is 0. The predicted molar refractivity (Wildman–Crippen MR) is 106 cm³/mol. The van der Waals surface area contributed by atoms with Crippen LogP contribution < -0.4 is 10.2 Å². The van der Waals surface area contributed by atoms with E-state index in [-0.39, 0.29) is 18.2 Å². The molecule has 1 unspecified atom stereocenters. The molecule has 2 amide bonds. The molecule has 1 aliphatic heterocycles. The molecule has 136 valence electrons. The fourth-order valence-corrected chi connectivity index (χ4v) is 3.95. The molecule has 1 N–H and O–H groups in total. The Kier molecular flexibility index (Phi) is 4.87. The molecule has 2 heterocycles. The van der Waals surface area contributed by atoms with Crippen LogP contribution in [0, 0.1) is 5.92 Å². The fourth-order valence-electron chi connectivity index (χ4n) is 2.97. The number of carbonyl (C=O) groups is 2. The summed E-state index contributed by atoms with van der Waals surface area (Å²) in [5, 5.41) is 12.6. The fraction of sp³-hybridized carbons (Fsp3) is 0.158. The summed E-state index contributed by atoms with van der Waals surface area (Å²) in [5.74, 6) is -0.822. The Hall–Kier alpha value is -2.77. The summed E-state index contributed by atoms with van der Waals surface area (Å²) in [4.78, 5) is 26.5. The van der Waals surface area contributed by atoms with Crippen LogP contribution in [0.4, 0.5) is 10.8 Å². The Morgan fingerprint density at radius 3 is 2.63 bits per heavy atom. The minimum Gasteiger partial charge on any atom is -0.310 e. The largest absolute Gasteiger partial charge is 0.310 e. The number of hydrogen-bond acceptors (Lipinski definition) is 5. The van der Waals surface area contributed by atoms with Crippen LogP contribution in [0.25, 0.3) is 10.6 Å². The van der Waals surface area contributed by atoms with E-state index in [0.717, 1.165) is 10.6 Å². The van der Waals surface area contributed by atoms with Crippen LogP contribution in [0.15, 0.2) is 54.6 Å². The van der Waals surface area contributed by atoms with E-state index in [9.17, 15) is 9.59 Å². The smallest absolute Gasteiger partial charge is 0.231 e. The van der Waals surface area contributed by atoms with Crippen LogP contribution in [-0.4, -0.2) is 28.6 Å². The van der Waals surface area contributed by atoms with E-state index < -0.39 is 5.92 Å². The molecular formula is C19H15ClN4O2S. The van der Waals surface area contributed by atoms with Crippen molar-refractivity contribution in [2.45, 2.75) is 6.42 Å². The standard InChI is InChI=1S/C19H15ClN4O2S/c20-14-8-4-5-9-15(14)24-11-13(10-16(24)25)17(26)21-19-23-22-18(27-19)12-6-2-1-3-7-12/h1-9,13H,10-11H2,(H,21,23,26). The van der Waals surface area contributed by atoms with E-state index in [1.807, 2.05) is 36.4 Å². The third kappa shape index (κ3) is 3.70. The van der Waals surface area contributed by atoms with Crippen molar-refractivity contribution in [1.82, 2.24) is 10.2 Å². The number of rotatable bonds is 4. The van der Waals surface area contributed by atoms with Gasteiger partial charge in [0.25, 0.3) is 0 Å². The van der Waals surface area contributed by atoms with Crippen LogP contribution in [-0.2, 0) is 9.59 Å². The van der Waals surface area contributed by atoms with Crippen LogP contribution >= 0.6 is 22.9 Å². The molecule has 1 saturated heterocycles. The average molecular weight is 399 g/mol. The first-order chi connectivity index (χ1) is 13.1. The minimum absolute atomic E-state index is 0.120. The Morgan fingerprint density at radius 2 is 1.85 bits per heavy atom. The molecule has 4 rings (SSSR count). The van der Waals surface area contributed by atoms with Gasteiger partial charge in [-0.15, -0.1) is 10.2 Å². The van der Waals surface area contributed by atoms with E-state index in [2.05, 4.69) is 15.5 Å². The molecule has 2 aromatic carbocycles. The van der Waals surface area contributed by atoms with Crippen molar-refractivity contribution < 1.29 is 9.59 Å². The topological polar surface area (TPSA) is 75.2 Å². The van der Waals surface area contributed by atoms with Crippen molar-refractivity contribution in [3.63, 3.8) is 0 Å². The van der Waals surface area contributed by atoms with Gasteiger partial charge in [-0.25, -0.2) is 0 Å². The lowest BCUT2D eigenvalue weighted by molar-refractivity contribution is -0.122. The SMILES string of the molecule is O=C(Nc1nnc(-c2ccccc2)s1)C1CC(=O)N(c2ccccc2Cl)C1. The first kappa shape index (κ1) is 17.6. The van der Waals surface area contributed by atoms with Crippen molar-refractivity contribution in [2.75, 3.05) is 16.8 Å². The van der Waals surface area contributed by atoms with E-state index >= 15 is 0 Å². The summed E-state index contributed by atoms with van der Waals surface area (Å²) in [6.07, 6.45) is 0.140. The highest BCUT2D eigenvalue weighted by Crippen LogP contribution is 2.32. The maximum atomic E-state index is 12.6. The number of halogens is 1. The second kappa shape index (κ2) is 7.46. The lowest BCUT2D eigenvalue weighted by Gasteiger charge is -2.17. The molecule has 0 radical (unpaired) electrons. The van der Waals surface area contributed by atoms with E-state index in [0.29, 0.717) is 22.4 Å². The van der Waals surface area contributed by atoms with Gasteiger partial charge in [0.2, 0.25) is 16.9 Å². The Bertz CT molecular complexity index is 992. The van der Waals surface area contributed by atoms with Crippen molar-refractivity contribution in [3.8, 4) is 10.6 Å². The van der Waals surface area contributed by atoms with Gasteiger partial charge < -0.3 is 10.2 Å². The molecule has 1 fully saturated rings. The molecule has 8 heteroatoms. The van der Waals surface area contributed by atoms with Crippen LogP contribution in [0.3, 0.4) is 0 Å². The van der Waals surface area contributed by atoms with E-state index in [4.69, 9.17) is 11.6 Å². The number of amides is 2. The van der Waals surface area contributed by atoms with Gasteiger partial charge in [-0.05, 0) is 12.1 Å². The molecular weight excluding hydrogens is 384 g/mol. The van der Waals surface area contributed by atoms with Gasteiger partial charge in [-0.2, -0.15) is 0 Å². The molecule has 27 heavy (non-hydrogen) atoms. The summed E-state index contributed by atoms with van der Waals surface area (Å²) >= 11 is 7.48. The van der Waals surface area contributed by atoms with E-state index in [1.165, 1.54) is 11.3 Å². The van der Waals surface area contributed by atoms with Gasteiger partial charge in [0.1, 0.15) is 5.01 Å². The van der Waals surface area contributed by atoms with Gasteiger partial charge in [0.05, 0.1) is 16.6 Å². The average Bonchev–Trinajstić information content (AvgIpc) is 3.30. The molecule has 1 aliphatic rings. The number of benzene rings is 2. The third-order valence-electron chi connectivity index (χ3n) is 4.31. The molecule has 0 saturated carbocycles. The quantitative estimate of drug-likeness (QED) is 0.724. The monoisotopic (exact) mass is 398 g/mol. The highest BCUT2D eigenvalue weighted by atomic mass is 35.5. The molecule has 1 atom stereocenters. The highest BCUT2D eigenvalue weighted by Gasteiger charge is 2.36. The first-order valence-electron chi connectivity index (χ1n) is 8.36. The Balaban J connectivity index is 1.45. The van der Waals surface area contributed by atoms with Gasteiger partial charge in [-0.3, -0.25) is 9.59 Å². The lowest BCUT2D eigenvalue weighted by Crippen LogP contribution is -2.28. The first-order valence-corrected chi connectivity index (χ1v) is 9.56. The van der Waals surface area contributed by atoms with Gasteiger partial charge >= 0.3 is 0 Å². The number of nitrogens with zero attached hydrogens (tertiary/aromatic N) is 3. The van der Waals surface area contributed by atoms with Crippen molar-refractivity contribution in [2.24, 2.45) is 5.92 Å². The van der Waals surface area contributed by atoms with Crippen molar-refractivity contribution >= 4 is 45.6 Å². The van der Waals surface area contributed by atoms with Gasteiger partial charge in [-0.1, -0.05) is 65.4 Å². The molecule has 6 nitrogen and oxygen atoms in total. The molecule has 0 bridgehead atoms. The van der Waals surface area contributed by atoms with E-state index in [1.54, 1.807) is 23.1 Å². The zero-order valence-corrected chi connectivity index (χ0v) is 15.7. The zero-order chi connectivity index (χ0) is 18.8. The van der Waals surface area contributed by atoms with Crippen molar-refractivity contribution in [3.05, 3.63) is 59.6 Å². The zero-order valence-electron chi connectivity index (χ0n) is 14.1. The Labute approximate surface area is 164 Å². The maximum Gasteiger partial charge on any atom is 0.231 e. The van der Waals surface area contributed by atoms with Crippen molar-refractivity contribution in [1.29, 1.82) is 0 Å². The maximum absolute atomic E-state index is 12.6. The summed E-state index contributed by atoms with van der Waals surface area (Å²) in [6.45, 7) is 0.290. The number of para-hydroxylation sites is 1. The van der Waals surface area contributed by atoms with Gasteiger partial charge in [0.15, 0.2) is 0 Å². The van der Waals surface area contributed by atoms with Crippen LogP contribution in [0.2, 0.25) is 5.02 Å². The summed E-state index contributed by atoms with van der Waals surface area (Å²) in [6, 6.07) is 16.7. The Morgan fingerprint density at radius 1 is 1.11 bits per heavy atom. The lowest BCUT2D eigenvalue weighted by atomic mass is 10.1. The van der Waals surface area contributed by atoms with Crippen LogP contribution in [0.5, 0.6) is 0 Å². The number of anilines is 2. The second-order valence-corrected chi connectivity index (χ2v) is 7.51. The number of carbonyl (C=O) groups excluding carboxylic acids is 2. The minimum atomic E-state index is -0.460. The molecule has 0 spiro atoms. The third-order valence-corrected chi connectivity index (χ3v) is 5.52. The normalized spacial score (nSPS) is 16.6. The molecule has 0 aliphatic carbocycles. The summed E-state index contributed by atoms with van der Waals surface area (Å²) in [5.41, 5.74) is 1.57. The van der Waals surface area contributed by atoms with Gasteiger partial charge in [0, 0.05) is 18.5 Å². The number of aromatic nitrogens is 2.